The number of amides is 1. The molecule has 3 aromatic carbocycles. The molecular formula is C34H44N2O3. The molecule has 1 heterocycles. The minimum absolute atomic E-state index is 0.0226. The van der Waals surface area contributed by atoms with Crippen LogP contribution in [-0.4, -0.2) is 42.7 Å². The van der Waals surface area contributed by atoms with Gasteiger partial charge >= 0.3 is 0 Å². The lowest BCUT2D eigenvalue weighted by molar-refractivity contribution is -0.0584. The SMILES string of the molecule is COCCCCC(O)(c1cccc(C)c1Cc1ccccc1C)C1CCCN(C(=O)c2ccc(CN)cc2)C1. The van der Waals surface area contributed by atoms with E-state index < -0.39 is 5.60 Å². The highest BCUT2D eigenvalue weighted by Crippen LogP contribution is 2.42. The number of carbonyl (C=O) groups is 1. The van der Waals surface area contributed by atoms with E-state index in [2.05, 4.69) is 56.3 Å². The number of methoxy groups -OCH3 is 1. The molecule has 2 atom stereocenters. The summed E-state index contributed by atoms with van der Waals surface area (Å²) in [6.07, 6.45) is 4.91. The van der Waals surface area contributed by atoms with Gasteiger partial charge in [-0.2, -0.15) is 0 Å². The van der Waals surface area contributed by atoms with E-state index in [0.29, 0.717) is 38.2 Å². The third-order valence-electron chi connectivity index (χ3n) is 8.48. The second kappa shape index (κ2) is 13.4. The molecule has 1 saturated heterocycles. The molecule has 5 nitrogen and oxygen atoms in total. The van der Waals surface area contributed by atoms with Crippen LogP contribution >= 0.6 is 0 Å². The number of hydrogen-bond acceptors (Lipinski definition) is 4. The zero-order valence-electron chi connectivity index (χ0n) is 23.8. The second-order valence-electron chi connectivity index (χ2n) is 11.1. The molecule has 0 aliphatic carbocycles. The number of unbranched alkanes of at least 4 members (excludes halogenated alkanes) is 1. The van der Waals surface area contributed by atoms with Crippen molar-refractivity contribution in [2.75, 3.05) is 26.8 Å². The monoisotopic (exact) mass is 528 g/mol. The van der Waals surface area contributed by atoms with Gasteiger partial charge in [-0.15, -0.1) is 0 Å². The van der Waals surface area contributed by atoms with E-state index in [1.807, 2.05) is 29.2 Å². The van der Waals surface area contributed by atoms with E-state index in [4.69, 9.17) is 10.5 Å². The largest absolute Gasteiger partial charge is 0.385 e. The molecule has 3 aromatic rings. The summed E-state index contributed by atoms with van der Waals surface area (Å²) in [5.74, 6) is -0.0344. The molecule has 1 amide bonds. The minimum Gasteiger partial charge on any atom is -0.385 e. The van der Waals surface area contributed by atoms with E-state index in [-0.39, 0.29) is 11.8 Å². The Bertz CT molecular complexity index is 1240. The molecule has 5 heteroatoms. The Morgan fingerprint density at radius 2 is 1.77 bits per heavy atom. The van der Waals surface area contributed by atoms with Gasteiger partial charge in [0.2, 0.25) is 0 Å². The van der Waals surface area contributed by atoms with Crippen molar-refractivity contribution in [2.45, 2.75) is 64.5 Å². The Kier molecular flexibility index (Phi) is 9.95. The van der Waals surface area contributed by atoms with Crippen molar-refractivity contribution < 1.29 is 14.6 Å². The molecule has 4 rings (SSSR count). The van der Waals surface area contributed by atoms with Gasteiger partial charge in [0, 0.05) is 44.8 Å². The fraction of sp³-hybridized carbons (Fsp3) is 0.441. The third kappa shape index (κ3) is 6.78. The molecule has 3 N–H and O–H groups in total. The van der Waals surface area contributed by atoms with Crippen LogP contribution in [0.5, 0.6) is 0 Å². The lowest BCUT2D eigenvalue weighted by Crippen LogP contribution is -2.48. The molecule has 0 bridgehead atoms. The Hall–Kier alpha value is -2.99. The summed E-state index contributed by atoms with van der Waals surface area (Å²) < 4.78 is 5.31. The van der Waals surface area contributed by atoms with E-state index in [0.717, 1.165) is 43.2 Å². The minimum atomic E-state index is -1.04. The van der Waals surface area contributed by atoms with Crippen molar-refractivity contribution in [3.8, 4) is 0 Å². The highest BCUT2D eigenvalue weighted by Gasteiger charge is 2.42. The van der Waals surface area contributed by atoms with E-state index in [1.54, 1.807) is 7.11 Å². The number of rotatable bonds is 11. The molecule has 0 aromatic heterocycles. The number of hydrogen-bond donors (Lipinski definition) is 2. The molecule has 1 fully saturated rings. The van der Waals surface area contributed by atoms with Crippen LogP contribution in [0.25, 0.3) is 0 Å². The summed E-state index contributed by atoms with van der Waals surface area (Å²) in [6, 6.07) is 22.4. The quantitative estimate of drug-likeness (QED) is 0.304. The maximum atomic E-state index is 13.5. The highest BCUT2D eigenvalue weighted by atomic mass is 16.5. The van der Waals surface area contributed by atoms with Crippen LogP contribution in [0.4, 0.5) is 0 Å². The van der Waals surface area contributed by atoms with Crippen molar-refractivity contribution in [3.63, 3.8) is 0 Å². The van der Waals surface area contributed by atoms with Crippen LogP contribution in [0.15, 0.2) is 66.7 Å². The van der Waals surface area contributed by atoms with Crippen molar-refractivity contribution in [2.24, 2.45) is 11.7 Å². The Morgan fingerprint density at radius 1 is 1.03 bits per heavy atom. The van der Waals surface area contributed by atoms with Crippen molar-refractivity contribution >= 4 is 5.91 Å². The number of piperidine rings is 1. The summed E-state index contributed by atoms with van der Waals surface area (Å²) in [6.45, 7) is 6.67. The topological polar surface area (TPSA) is 75.8 Å². The smallest absolute Gasteiger partial charge is 0.253 e. The van der Waals surface area contributed by atoms with Gasteiger partial charge < -0.3 is 20.5 Å². The lowest BCUT2D eigenvalue weighted by Gasteiger charge is -2.44. The number of benzene rings is 3. The van der Waals surface area contributed by atoms with E-state index in [1.165, 1.54) is 22.3 Å². The van der Waals surface area contributed by atoms with Gasteiger partial charge in [-0.05, 0) is 97.9 Å². The van der Waals surface area contributed by atoms with Crippen LogP contribution in [0.3, 0.4) is 0 Å². The summed E-state index contributed by atoms with van der Waals surface area (Å²) in [5, 5.41) is 12.7. The van der Waals surface area contributed by atoms with Gasteiger partial charge in [-0.25, -0.2) is 0 Å². The first-order chi connectivity index (χ1) is 18.9. The number of carbonyl (C=O) groups excluding carboxylic acids is 1. The van der Waals surface area contributed by atoms with Gasteiger partial charge in [0.25, 0.3) is 5.91 Å². The Labute approximate surface area is 234 Å². The molecular weight excluding hydrogens is 484 g/mol. The predicted octanol–water partition coefficient (Wildman–Crippen LogP) is 5.91. The number of likely N-dealkylation sites (tertiary alicyclic amines) is 1. The molecule has 1 aliphatic heterocycles. The first-order valence-electron chi connectivity index (χ1n) is 14.3. The summed E-state index contributed by atoms with van der Waals surface area (Å²) >= 11 is 0. The third-order valence-corrected chi connectivity index (χ3v) is 8.48. The Balaban J connectivity index is 1.67. The molecule has 2 unspecified atom stereocenters. The molecule has 0 radical (unpaired) electrons. The summed E-state index contributed by atoms with van der Waals surface area (Å²) in [5.41, 5.74) is 12.3. The number of ether oxygens (including phenoxy) is 1. The van der Waals surface area contributed by atoms with Crippen molar-refractivity contribution in [3.05, 3.63) is 106 Å². The molecule has 0 saturated carbocycles. The number of nitrogens with two attached hydrogens (primary N) is 1. The van der Waals surface area contributed by atoms with Crippen LogP contribution in [0.2, 0.25) is 0 Å². The molecule has 208 valence electrons. The van der Waals surface area contributed by atoms with Gasteiger partial charge in [0.1, 0.15) is 0 Å². The first kappa shape index (κ1) is 29.0. The number of aryl methyl sites for hydroxylation is 2. The zero-order valence-corrected chi connectivity index (χ0v) is 23.8. The fourth-order valence-corrected chi connectivity index (χ4v) is 6.06. The predicted molar refractivity (Wildman–Crippen MR) is 158 cm³/mol. The van der Waals surface area contributed by atoms with E-state index in [9.17, 15) is 9.90 Å². The van der Waals surface area contributed by atoms with Gasteiger partial charge in [0.15, 0.2) is 0 Å². The molecule has 39 heavy (non-hydrogen) atoms. The van der Waals surface area contributed by atoms with E-state index >= 15 is 0 Å². The lowest BCUT2D eigenvalue weighted by atomic mass is 9.71. The zero-order chi connectivity index (χ0) is 27.8. The molecule has 1 aliphatic rings. The Morgan fingerprint density at radius 3 is 2.49 bits per heavy atom. The van der Waals surface area contributed by atoms with Gasteiger partial charge in [-0.1, -0.05) is 54.6 Å². The first-order valence-corrected chi connectivity index (χ1v) is 14.3. The second-order valence-corrected chi connectivity index (χ2v) is 11.1. The van der Waals surface area contributed by atoms with Gasteiger partial charge in [0.05, 0.1) is 5.60 Å². The maximum Gasteiger partial charge on any atom is 0.253 e. The normalized spacial score (nSPS) is 17.2. The van der Waals surface area contributed by atoms with Crippen molar-refractivity contribution in [1.82, 2.24) is 4.90 Å². The van der Waals surface area contributed by atoms with Crippen LogP contribution < -0.4 is 5.73 Å². The maximum absolute atomic E-state index is 13.5. The van der Waals surface area contributed by atoms with Crippen LogP contribution in [0.1, 0.15) is 75.8 Å². The highest BCUT2D eigenvalue weighted by molar-refractivity contribution is 5.94. The van der Waals surface area contributed by atoms with Crippen LogP contribution in [-0.2, 0) is 23.3 Å². The number of nitrogens with zero attached hydrogens (tertiary/aromatic N) is 1. The van der Waals surface area contributed by atoms with Gasteiger partial charge in [-0.3, -0.25) is 4.79 Å². The average molecular weight is 529 g/mol. The summed E-state index contributed by atoms with van der Waals surface area (Å²) in [7, 11) is 1.72. The fourth-order valence-electron chi connectivity index (χ4n) is 6.06. The summed E-state index contributed by atoms with van der Waals surface area (Å²) in [4.78, 5) is 15.4. The van der Waals surface area contributed by atoms with Crippen LogP contribution in [0, 0.1) is 19.8 Å². The standard InChI is InChI=1S/C34H44N2O3/c1-25-10-4-5-12-29(25)22-31-26(2)11-8-14-32(31)34(38,19-6-7-21-39-3)30-13-9-20-36(24-30)33(37)28-17-15-27(23-35)16-18-28/h4-5,8,10-12,14-18,30,38H,6-7,9,13,19-24,35H2,1-3H3. The average Bonchev–Trinajstić information content (AvgIpc) is 2.97. The molecule has 0 spiro atoms. The number of aliphatic hydroxyl groups is 1. The van der Waals surface area contributed by atoms with Crippen molar-refractivity contribution in [1.29, 1.82) is 0 Å².